The molecule has 5 nitrogen and oxygen atoms in total. The lowest BCUT2D eigenvalue weighted by atomic mass is 9.95. The Balaban J connectivity index is 1.12. The first-order chi connectivity index (χ1) is 26.7. The van der Waals surface area contributed by atoms with E-state index in [4.69, 9.17) is 23.8 Å². The number of rotatable bonds is 5. The summed E-state index contributed by atoms with van der Waals surface area (Å²) in [6.45, 7) is 0. The Hall–Kier alpha value is -7.37. The van der Waals surface area contributed by atoms with Crippen LogP contribution in [0.1, 0.15) is 0 Å². The van der Waals surface area contributed by atoms with Gasteiger partial charge >= 0.3 is 0 Å². The van der Waals surface area contributed by atoms with Crippen LogP contribution in [0.5, 0.6) is 0 Å². The van der Waals surface area contributed by atoms with Gasteiger partial charge in [-0.15, -0.1) is 0 Å². The molecule has 5 heteroatoms. The second kappa shape index (κ2) is 12.1. The van der Waals surface area contributed by atoms with Gasteiger partial charge in [0.1, 0.15) is 22.3 Å². The van der Waals surface area contributed by atoms with Crippen molar-refractivity contribution in [2.24, 2.45) is 0 Å². The third-order valence-electron chi connectivity index (χ3n) is 10.4. The molecule has 0 spiro atoms. The van der Waals surface area contributed by atoms with Crippen molar-refractivity contribution in [3.8, 4) is 56.4 Å². The molecule has 11 rings (SSSR count). The Morgan fingerprint density at radius 3 is 1.67 bits per heavy atom. The van der Waals surface area contributed by atoms with Crippen LogP contribution in [0, 0.1) is 0 Å². The fraction of sp³-hybridized carbons (Fsp3) is 0. The SMILES string of the molecule is c1ccc(-c2ccc(-c3nc(-c4ccc5oc6cc(-c7ccccc7)c7ccccc7c6c5c4)nc(-c4cccc5c4oc4ccccc45)n3)cc2)cc1. The highest BCUT2D eigenvalue weighted by atomic mass is 16.3. The second-order valence-electron chi connectivity index (χ2n) is 13.6. The van der Waals surface area contributed by atoms with Gasteiger partial charge in [-0.3, -0.25) is 0 Å². The summed E-state index contributed by atoms with van der Waals surface area (Å²) >= 11 is 0. The Kier molecular flexibility index (Phi) is 6.79. The molecule has 0 radical (unpaired) electrons. The van der Waals surface area contributed by atoms with Crippen LogP contribution in [0.15, 0.2) is 185 Å². The Morgan fingerprint density at radius 2 is 0.870 bits per heavy atom. The lowest BCUT2D eigenvalue weighted by molar-refractivity contribution is 0.669. The number of furan rings is 2. The van der Waals surface area contributed by atoms with Crippen molar-refractivity contribution in [2.45, 2.75) is 0 Å². The molecule has 0 atom stereocenters. The van der Waals surface area contributed by atoms with Crippen molar-refractivity contribution in [3.05, 3.63) is 176 Å². The molecule has 0 aliphatic rings. The lowest BCUT2D eigenvalue weighted by Gasteiger charge is -2.10. The highest BCUT2D eigenvalue weighted by Gasteiger charge is 2.20. The highest BCUT2D eigenvalue weighted by Crippen LogP contribution is 2.42. The second-order valence-corrected chi connectivity index (χ2v) is 13.6. The maximum atomic E-state index is 6.56. The van der Waals surface area contributed by atoms with Gasteiger partial charge in [-0.1, -0.05) is 140 Å². The van der Waals surface area contributed by atoms with Gasteiger partial charge in [0.05, 0.1) is 5.56 Å². The third kappa shape index (κ3) is 4.90. The number of hydrogen-bond donors (Lipinski definition) is 0. The van der Waals surface area contributed by atoms with E-state index in [0.29, 0.717) is 17.5 Å². The summed E-state index contributed by atoms with van der Waals surface area (Å²) < 4.78 is 13.0. The first kappa shape index (κ1) is 30.3. The van der Waals surface area contributed by atoms with E-state index in [-0.39, 0.29) is 0 Å². The van der Waals surface area contributed by atoms with Crippen LogP contribution < -0.4 is 0 Å². The molecule has 0 unspecified atom stereocenters. The van der Waals surface area contributed by atoms with Crippen molar-refractivity contribution in [2.75, 3.05) is 0 Å². The van der Waals surface area contributed by atoms with Crippen LogP contribution in [0.2, 0.25) is 0 Å². The highest BCUT2D eigenvalue weighted by molar-refractivity contribution is 6.22. The smallest absolute Gasteiger partial charge is 0.167 e. The van der Waals surface area contributed by atoms with Crippen molar-refractivity contribution in [1.82, 2.24) is 15.0 Å². The standard InChI is InChI=1S/C49H29N3O2/c1-3-12-30(13-4-1)31-22-24-33(25-23-31)47-50-48(52-49(51-47)39-20-11-19-38-36-17-9-10-21-42(36)54-46(38)39)34-26-27-43-41(28-34)45-37-18-8-7-16-35(37)40(29-44(45)53-43)32-14-5-2-6-15-32/h1-29H. The lowest BCUT2D eigenvalue weighted by Crippen LogP contribution is -2.00. The predicted octanol–water partition coefficient (Wildman–Crippen LogP) is 13.2. The number of benzene rings is 8. The van der Waals surface area contributed by atoms with Crippen LogP contribution in [0.4, 0.5) is 0 Å². The molecule has 3 heterocycles. The minimum atomic E-state index is 0.543. The van der Waals surface area contributed by atoms with E-state index in [1.54, 1.807) is 0 Å². The van der Waals surface area contributed by atoms with E-state index in [2.05, 4.69) is 121 Å². The fourth-order valence-electron chi connectivity index (χ4n) is 7.76. The summed E-state index contributed by atoms with van der Waals surface area (Å²) in [7, 11) is 0. The van der Waals surface area contributed by atoms with E-state index >= 15 is 0 Å². The predicted molar refractivity (Wildman–Crippen MR) is 219 cm³/mol. The number of hydrogen-bond acceptors (Lipinski definition) is 5. The zero-order valence-electron chi connectivity index (χ0n) is 28.9. The van der Waals surface area contributed by atoms with Crippen LogP contribution in [-0.2, 0) is 0 Å². The number of para-hydroxylation sites is 2. The molecule has 0 saturated heterocycles. The molecule has 8 aromatic carbocycles. The molecule has 0 amide bonds. The van der Waals surface area contributed by atoms with Crippen LogP contribution in [-0.4, -0.2) is 15.0 Å². The number of nitrogens with zero attached hydrogens (tertiary/aromatic N) is 3. The van der Waals surface area contributed by atoms with E-state index in [0.717, 1.165) is 88.2 Å². The molecule has 11 aromatic rings. The summed E-state index contributed by atoms with van der Waals surface area (Å²) in [6.07, 6.45) is 0. The fourth-order valence-corrected chi connectivity index (χ4v) is 7.76. The monoisotopic (exact) mass is 691 g/mol. The van der Waals surface area contributed by atoms with E-state index in [9.17, 15) is 0 Å². The minimum absolute atomic E-state index is 0.543. The molecule has 0 bridgehead atoms. The van der Waals surface area contributed by atoms with Gasteiger partial charge in [0.2, 0.25) is 0 Å². The van der Waals surface area contributed by atoms with Gasteiger partial charge in [0, 0.05) is 32.7 Å². The van der Waals surface area contributed by atoms with Gasteiger partial charge in [0.25, 0.3) is 0 Å². The molecule has 0 aliphatic heterocycles. The Morgan fingerprint density at radius 1 is 0.296 bits per heavy atom. The molecule has 0 saturated carbocycles. The van der Waals surface area contributed by atoms with Crippen molar-refractivity contribution >= 4 is 54.6 Å². The normalized spacial score (nSPS) is 11.7. The average Bonchev–Trinajstić information content (AvgIpc) is 3.82. The molecule has 0 fully saturated rings. The summed E-state index contributed by atoms with van der Waals surface area (Å²) in [5.74, 6) is 1.69. The third-order valence-corrected chi connectivity index (χ3v) is 10.4. The van der Waals surface area contributed by atoms with Crippen molar-refractivity contribution in [3.63, 3.8) is 0 Å². The summed E-state index contributed by atoms with van der Waals surface area (Å²) in [4.78, 5) is 15.4. The first-order valence-electron chi connectivity index (χ1n) is 18.0. The summed E-state index contributed by atoms with van der Waals surface area (Å²) in [6, 6.07) is 60.4. The summed E-state index contributed by atoms with van der Waals surface area (Å²) in [5, 5.41) is 6.46. The number of aromatic nitrogens is 3. The molecule has 0 N–H and O–H groups in total. The topological polar surface area (TPSA) is 65.0 Å². The van der Waals surface area contributed by atoms with E-state index < -0.39 is 0 Å². The Bertz CT molecular complexity index is 3200. The van der Waals surface area contributed by atoms with Crippen molar-refractivity contribution < 1.29 is 8.83 Å². The van der Waals surface area contributed by atoms with Crippen LogP contribution in [0.25, 0.3) is 111 Å². The van der Waals surface area contributed by atoms with Gasteiger partial charge in [0.15, 0.2) is 17.5 Å². The van der Waals surface area contributed by atoms with Gasteiger partial charge < -0.3 is 8.83 Å². The summed E-state index contributed by atoms with van der Waals surface area (Å²) in [5.41, 5.74) is 10.4. The molecular weight excluding hydrogens is 663 g/mol. The largest absolute Gasteiger partial charge is 0.456 e. The van der Waals surface area contributed by atoms with E-state index in [1.165, 1.54) is 5.39 Å². The van der Waals surface area contributed by atoms with Crippen LogP contribution in [0.3, 0.4) is 0 Å². The van der Waals surface area contributed by atoms with Crippen LogP contribution >= 0.6 is 0 Å². The van der Waals surface area contributed by atoms with Gasteiger partial charge in [-0.05, 0) is 69.4 Å². The van der Waals surface area contributed by atoms with Gasteiger partial charge in [-0.2, -0.15) is 0 Å². The molecule has 252 valence electrons. The zero-order chi connectivity index (χ0) is 35.6. The molecule has 54 heavy (non-hydrogen) atoms. The maximum Gasteiger partial charge on any atom is 0.167 e. The van der Waals surface area contributed by atoms with E-state index in [1.807, 2.05) is 54.6 Å². The zero-order valence-corrected chi connectivity index (χ0v) is 28.9. The van der Waals surface area contributed by atoms with Gasteiger partial charge in [-0.25, -0.2) is 15.0 Å². The Labute approximate surface area is 309 Å². The molecular formula is C49H29N3O2. The number of fused-ring (bicyclic) bond motifs is 8. The molecule has 3 aromatic heterocycles. The minimum Gasteiger partial charge on any atom is -0.456 e. The quantitative estimate of drug-likeness (QED) is 0.180. The first-order valence-corrected chi connectivity index (χ1v) is 18.0. The van der Waals surface area contributed by atoms with Crippen molar-refractivity contribution in [1.29, 1.82) is 0 Å². The molecule has 0 aliphatic carbocycles. The average molecular weight is 692 g/mol. The maximum absolute atomic E-state index is 6.56.